The van der Waals surface area contributed by atoms with Gasteiger partial charge in [-0.3, -0.25) is 0 Å². The van der Waals surface area contributed by atoms with Gasteiger partial charge in [0, 0.05) is 0 Å². The monoisotopic (exact) mass is 264 g/mol. The molecule has 0 heterocycles. The standard InChI is InChI=1S/C19H36/c1-7-9-10-11-13-19(12-8-2)15-18(6)17(5)14-16(3)4/h9,11,16-19H,7-8,12-15H2,1-6H3. The van der Waals surface area contributed by atoms with Gasteiger partial charge < -0.3 is 0 Å². The molecule has 0 aromatic heterocycles. The Balaban J connectivity index is 4.27. The summed E-state index contributed by atoms with van der Waals surface area (Å²) >= 11 is 0. The van der Waals surface area contributed by atoms with Crippen molar-refractivity contribution in [1.82, 2.24) is 0 Å². The van der Waals surface area contributed by atoms with Crippen LogP contribution in [0, 0.1) is 23.7 Å². The maximum absolute atomic E-state index is 3.31. The first-order chi connectivity index (χ1) is 9.01. The summed E-state index contributed by atoms with van der Waals surface area (Å²) in [5.41, 5.74) is 3.31. The smallest absolute Gasteiger partial charge is 0.0246 e. The molecule has 0 saturated heterocycles. The van der Waals surface area contributed by atoms with E-state index < -0.39 is 0 Å². The van der Waals surface area contributed by atoms with E-state index in [0.29, 0.717) is 0 Å². The highest BCUT2D eigenvalue weighted by molar-refractivity contribution is 4.86. The molecule has 0 aliphatic rings. The lowest BCUT2D eigenvalue weighted by atomic mass is 9.80. The second kappa shape index (κ2) is 11.4. The number of rotatable bonds is 10. The Hall–Kier alpha value is -0.480. The molecule has 0 heteroatoms. The van der Waals surface area contributed by atoms with E-state index in [0.717, 1.165) is 30.1 Å². The highest BCUT2D eigenvalue weighted by Crippen LogP contribution is 2.29. The minimum Gasteiger partial charge on any atom is -0.130 e. The topological polar surface area (TPSA) is 0 Å². The Labute approximate surface area is 122 Å². The first kappa shape index (κ1) is 18.5. The van der Waals surface area contributed by atoms with Crippen molar-refractivity contribution in [3.05, 3.63) is 17.9 Å². The van der Waals surface area contributed by atoms with E-state index in [4.69, 9.17) is 0 Å². The summed E-state index contributed by atoms with van der Waals surface area (Å²) in [6, 6.07) is 0. The van der Waals surface area contributed by atoms with Gasteiger partial charge in [0.05, 0.1) is 0 Å². The molecular weight excluding hydrogens is 228 g/mol. The SMILES string of the molecule is CCC=C=CCC(CCC)CC(C)C(C)CC(C)C. The average molecular weight is 264 g/mol. The van der Waals surface area contributed by atoms with Crippen molar-refractivity contribution in [1.29, 1.82) is 0 Å². The molecule has 0 radical (unpaired) electrons. The summed E-state index contributed by atoms with van der Waals surface area (Å²) in [7, 11) is 0. The quantitative estimate of drug-likeness (QED) is 0.389. The summed E-state index contributed by atoms with van der Waals surface area (Å²) in [5, 5.41) is 0. The lowest BCUT2D eigenvalue weighted by molar-refractivity contribution is 0.261. The Morgan fingerprint density at radius 1 is 0.895 bits per heavy atom. The Bertz CT molecular complexity index is 255. The zero-order valence-electron chi connectivity index (χ0n) is 14.2. The minimum absolute atomic E-state index is 0.828. The molecule has 0 N–H and O–H groups in total. The number of hydrogen-bond acceptors (Lipinski definition) is 0. The first-order valence-corrected chi connectivity index (χ1v) is 8.40. The molecule has 0 fully saturated rings. The maximum Gasteiger partial charge on any atom is -0.0246 e. The summed E-state index contributed by atoms with van der Waals surface area (Å²) < 4.78 is 0. The summed E-state index contributed by atoms with van der Waals surface area (Å²) in [5.74, 6) is 3.39. The van der Waals surface area contributed by atoms with Crippen LogP contribution in [-0.4, -0.2) is 0 Å². The van der Waals surface area contributed by atoms with Crippen LogP contribution >= 0.6 is 0 Å². The highest BCUT2D eigenvalue weighted by Gasteiger charge is 2.17. The fourth-order valence-electron chi connectivity index (χ4n) is 2.91. The van der Waals surface area contributed by atoms with Gasteiger partial charge in [-0.2, -0.15) is 0 Å². The van der Waals surface area contributed by atoms with Gasteiger partial charge in [0.25, 0.3) is 0 Å². The third kappa shape index (κ3) is 10.0. The van der Waals surface area contributed by atoms with Gasteiger partial charge in [-0.25, -0.2) is 0 Å². The molecule has 0 aliphatic carbocycles. The van der Waals surface area contributed by atoms with Crippen LogP contribution < -0.4 is 0 Å². The van der Waals surface area contributed by atoms with Crippen LogP contribution in [0.4, 0.5) is 0 Å². The zero-order chi connectivity index (χ0) is 14.7. The molecule has 0 rings (SSSR count). The van der Waals surface area contributed by atoms with Gasteiger partial charge in [-0.1, -0.05) is 54.4 Å². The fraction of sp³-hybridized carbons (Fsp3) is 0.842. The largest absolute Gasteiger partial charge is 0.130 e. The van der Waals surface area contributed by atoms with E-state index in [1.165, 1.54) is 32.1 Å². The van der Waals surface area contributed by atoms with E-state index in [2.05, 4.69) is 59.4 Å². The summed E-state index contributed by atoms with van der Waals surface area (Å²) in [4.78, 5) is 0. The van der Waals surface area contributed by atoms with Crippen LogP contribution in [0.5, 0.6) is 0 Å². The van der Waals surface area contributed by atoms with E-state index in [-0.39, 0.29) is 0 Å². The van der Waals surface area contributed by atoms with Crippen molar-refractivity contribution in [3.8, 4) is 0 Å². The van der Waals surface area contributed by atoms with Crippen LogP contribution in [0.2, 0.25) is 0 Å². The molecule has 0 nitrogen and oxygen atoms in total. The maximum atomic E-state index is 3.31. The molecule has 112 valence electrons. The Morgan fingerprint density at radius 3 is 2.05 bits per heavy atom. The Kier molecular flexibility index (Phi) is 11.1. The Morgan fingerprint density at radius 2 is 1.53 bits per heavy atom. The van der Waals surface area contributed by atoms with E-state index >= 15 is 0 Å². The zero-order valence-corrected chi connectivity index (χ0v) is 14.2. The summed E-state index contributed by atoms with van der Waals surface area (Å²) in [6.45, 7) is 14.0. The van der Waals surface area contributed by atoms with E-state index in [1.54, 1.807) is 0 Å². The third-order valence-electron chi connectivity index (χ3n) is 4.11. The third-order valence-corrected chi connectivity index (χ3v) is 4.11. The minimum atomic E-state index is 0.828. The lowest BCUT2D eigenvalue weighted by Crippen LogP contribution is -2.15. The fourth-order valence-corrected chi connectivity index (χ4v) is 2.91. The molecule has 0 spiro atoms. The van der Waals surface area contributed by atoms with Crippen molar-refractivity contribution in [3.63, 3.8) is 0 Å². The van der Waals surface area contributed by atoms with Gasteiger partial charge in [-0.05, 0) is 61.5 Å². The van der Waals surface area contributed by atoms with E-state index in [9.17, 15) is 0 Å². The van der Waals surface area contributed by atoms with Crippen LogP contribution in [0.1, 0.15) is 80.1 Å². The molecule has 3 atom stereocenters. The van der Waals surface area contributed by atoms with Crippen molar-refractivity contribution < 1.29 is 0 Å². The van der Waals surface area contributed by atoms with Crippen molar-refractivity contribution in [2.45, 2.75) is 80.1 Å². The second-order valence-electron chi connectivity index (χ2n) is 6.69. The van der Waals surface area contributed by atoms with Crippen LogP contribution in [0.3, 0.4) is 0 Å². The summed E-state index contributed by atoms with van der Waals surface area (Å²) in [6.07, 6.45) is 12.1. The predicted octanol–water partition coefficient (Wildman–Crippen LogP) is 6.62. The number of hydrogen-bond donors (Lipinski definition) is 0. The molecular formula is C19H36. The molecule has 0 aromatic rings. The first-order valence-electron chi connectivity index (χ1n) is 8.40. The van der Waals surface area contributed by atoms with Crippen molar-refractivity contribution in [2.75, 3.05) is 0 Å². The normalized spacial score (nSPS) is 15.7. The van der Waals surface area contributed by atoms with Crippen LogP contribution in [-0.2, 0) is 0 Å². The highest BCUT2D eigenvalue weighted by atomic mass is 14.2. The second-order valence-corrected chi connectivity index (χ2v) is 6.69. The van der Waals surface area contributed by atoms with Crippen LogP contribution in [0.15, 0.2) is 17.9 Å². The average Bonchev–Trinajstić information content (AvgIpc) is 2.33. The van der Waals surface area contributed by atoms with Gasteiger partial charge in [-0.15, -0.1) is 5.73 Å². The van der Waals surface area contributed by atoms with Gasteiger partial charge in [0.2, 0.25) is 0 Å². The lowest BCUT2D eigenvalue weighted by Gasteiger charge is -2.25. The van der Waals surface area contributed by atoms with Gasteiger partial charge in [0.15, 0.2) is 0 Å². The predicted molar refractivity (Wildman–Crippen MR) is 88.4 cm³/mol. The molecule has 3 unspecified atom stereocenters. The molecule has 0 aromatic carbocycles. The van der Waals surface area contributed by atoms with Gasteiger partial charge in [0.1, 0.15) is 0 Å². The number of allylic oxidation sites excluding steroid dienone is 1. The van der Waals surface area contributed by atoms with Crippen molar-refractivity contribution >= 4 is 0 Å². The molecule has 0 bridgehead atoms. The molecule has 19 heavy (non-hydrogen) atoms. The molecule has 0 saturated carbocycles. The van der Waals surface area contributed by atoms with Crippen molar-refractivity contribution in [2.24, 2.45) is 23.7 Å². The van der Waals surface area contributed by atoms with Crippen LogP contribution in [0.25, 0.3) is 0 Å². The van der Waals surface area contributed by atoms with E-state index in [1.807, 2.05) is 0 Å². The molecule has 0 aliphatic heterocycles. The van der Waals surface area contributed by atoms with Gasteiger partial charge >= 0.3 is 0 Å². The molecule has 0 amide bonds.